The maximum atomic E-state index is 10.8. The lowest BCUT2D eigenvalue weighted by Gasteiger charge is -2.19. The molecular formula is C10H18O4. The number of aliphatic carboxylic acids is 1. The third-order valence-corrected chi connectivity index (χ3v) is 2.33. The number of rotatable bonds is 5. The molecule has 4 nitrogen and oxygen atoms in total. The van der Waals surface area contributed by atoms with Gasteiger partial charge in [-0.1, -0.05) is 13.8 Å². The molecule has 1 aliphatic heterocycles. The zero-order valence-corrected chi connectivity index (χ0v) is 8.73. The first-order valence-corrected chi connectivity index (χ1v) is 5.07. The minimum atomic E-state index is -0.891. The van der Waals surface area contributed by atoms with Gasteiger partial charge in [0.05, 0.1) is 12.7 Å². The van der Waals surface area contributed by atoms with Gasteiger partial charge in [0.2, 0.25) is 0 Å². The van der Waals surface area contributed by atoms with E-state index in [4.69, 9.17) is 14.6 Å². The standard InChI is InChI=1S/C10H18O4/c1-7(2)9(10(11)12)14-6-8-4-3-5-13-8/h7-9H,3-6H2,1-2H3,(H,11,12). The van der Waals surface area contributed by atoms with E-state index in [2.05, 4.69) is 0 Å². The third kappa shape index (κ3) is 3.27. The van der Waals surface area contributed by atoms with Crippen molar-refractivity contribution in [3.63, 3.8) is 0 Å². The van der Waals surface area contributed by atoms with Crippen molar-refractivity contribution in [1.82, 2.24) is 0 Å². The molecule has 0 spiro atoms. The zero-order valence-electron chi connectivity index (χ0n) is 8.73. The molecule has 2 unspecified atom stereocenters. The molecule has 1 rings (SSSR count). The van der Waals surface area contributed by atoms with Crippen molar-refractivity contribution in [1.29, 1.82) is 0 Å². The molecule has 82 valence electrons. The first-order chi connectivity index (χ1) is 6.61. The number of carbonyl (C=O) groups is 1. The molecule has 2 atom stereocenters. The van der Waals surface area contributed by atoms with E-state index in [1.54, 1.807) is 0 Å². The Morgan fingerprint density at radius 3 is 2.79 bits per heavy atom. The highest BCUT2D eigenvalue weighted by molar-refractivity contribution is 5.72. The molecule has 1 N–H and O–H groups in total. The van der Waals surface area contributed by atoms with E-state index in [-0.39, 0.29) is 12.0 Å². The van der Waals surface area contributed by atoms with Gasteiger partial charge >= 0.3 is 5.97 Å². The van der Waals surface area contributed by atoms with Gasteiger partial charge in [0.1, 0.15) is 0 Å². The Hall–Kier alpha value is -0.610. The lowest BCUT2D eigenvalue weighted by atomic mass is 10.1. The lowest BCUT2D eigenvalue weighted by molar-refractivity contribution is -0.155. The average Bonchev–Trinajstić information content (AvgIpc) is 2.55. The minimum absolute atomic E-state index is 0.00565. The molecule has 0 radical (unpaired) electrons. The summed E-state index contributed by atoms with van der Waals surface area (Å²) in [7, 11) is 0. The van der Waals surface area contributed by atoms with Crippen LogP contribution in [0.1, 0.15) is 26.7 Å². The van der Waals surface area contributed by atoms with Gasteiger partial charge in [-0.2, -0.15) is 0 Å². The summed E-state index contributed by atoms with van der Waals surface area (Å²) in [5.74, 6) is -0.896. The van der Waals surface area contributed by atoms with E-state index in [0.717, 1.165) is 19.4 Å². The molecule has 1 saturated heterocycles. The van der Waals surface area contributed by atoms with Gasteiger partial charge in [0.15, 0.2) is 6.10 Å². The van der Waals surface area contributed by atoms with Crippen LogP contribution in [0.3, 0.4) is 0 Å². The van der Waals surface area contributed by atoms with Gasteiger partial charge in [-0.25, -0.2) is 4.79 Å². The number of hydrogen-bond acceptors (Lipinski definition) is 3. The molecule has 1 aliphatic rings. The molecule has 0 bridgehead atoms. The summed E-state index contributed by atoms with van der Waals surface area (Å²) in [6.07, 6.45) is 1.41. The van der Waals surface area contributed by atoms with Crippen molar-refractivity contribution in [3.05, 3.63) is 0 Å². The summed E-state index contributed by atoms with van der Waals surface area (Å²) < 4.78 is 10.7. The second kappa shape index (κ2) is 5.32. The van der Waals surface area contributed by atoms with Crippen LogP contribution in [0.2, 0.25) is 0 Å². The first kappa shape index (κ1) is 11.5. The fourth-order valence-corrected chi connectivity index (χ4v) is 1.54. The topological polar surface area (TPSA) is 55.8 Å². The van der Waals surface area contributed by atoms with E-state index in [0.29, 0.717) is 6.61 Å². The largest absolute Gasteiger partial charge is 0.479 e. The van der Waals surface area contributed by atoms with Crippen LogP contribution in [0.5, 0.6) is 0 Å². The summed E-state index contributed by atoms with van der Waals surface area (Å²) >= 11 is 0. The van der Waals surface area contributed by atoms with Gasteiger partial charge < -0.3 is 14.6 Å². The Morgan fingerprint density at radius 2 is 2.36 bits per heavy atom. The van der Waals surface area contributed by atoms with Gasteiger partial charge in [-0.3, -0.25) is 0 Å². The highest BCUT2D eigenvalue weighted by Crippen LogP contribution is 2.14. The van der Waals surface area contributed by atoms with E-state index >= 15 is 0 Å². The molecule has 0 aromatic carbocycles. The molecule has 0 aromatic rings. The smallest absolute Gasteiger partial charge is 0.333 e. The van der Waals surface area contributed by atoms with Crippen LogP contribution in [-0.4, -0.2) is 36.5 Å². The predicted molar refractivity (Wildman–Crippen MR) is 51.2 cm³/mol. The monoisotopic (exact) mass is 202 g/mol. The third-order valence-electron chi connectivity index (χ3n) is 2.33. The molecule has 0 aromatic heterocycles. The molecule has 1 fully saturated rings. The van der Waals surface area contributed by atoms with Crippen LogP contribution in [0.15, 0.2) is 0 Å². The van der Waals surface area contributed by atoms with E-state index in [9.17, 15) is 4.79 Å². The normalized spacial score (nSPS) is 24.1. The second-order valence-corrected chi connectivity index (χ2v) is 3.97. The van der Waals surface area contributed by atoms with Crippen molar-refractivity contribution >= 4 is 5.97 Å². The fourth-order valence-electron chi connectivity index (χ4n) is 1.54. The lowest BCUT2D eigenvalue weighted by Crippen LogP contribution is -2.32. The molecular weight excluding hydrogens is 184 g/mol. The highest BCUT2D eigenvalue weighted by atomic mass is 16.6. The van der Waals surface area contributed by atoms with E-state index < -0.39 is 12.1 Å². The molecule has 4 heteroatoms. The van der Waals surface area contributed by atoms with Crippen LogP contribution in [-0.2, 0) is 14.3 Å². The van der Waals surface area contributed by atoms with Crippen LogP contribution in [0, 0.1) is 5.92 Å². The number of hydrogen-bond donors (Lipinski definition) is 1. The molecule has 0 aliphatic carbocycles. The minimum Gasteiger partial charge on any atom is -0.479 e. The van der Waals surface area contributed by atoms with Crippen molar-refractivity contribution in [2.24, 2.45) is 5.92 Å². The summed E-state index contributed by atoms with van der Waals surface area (Å²) in [6.45, 7) is 4.85. The Bertz CT molecular complexity index is 185. The van der Waals surface area contributed by atoms with Gasteiger partial charge in [-0.15, -0.1) is 0 Å². The number of carboxylic acids is 1. The Morgan fingerprint density at radius 1 is 1.64 bits per heavy atom. The van der Waals surface area contributed by atoms with E-state index in [1.807, 2.05) is 13.8 Å². The van der Waals surface area contributed by atoms with E-state index in [1.165, 1.54) is 0 Å². The zero-order chi connectivity index (χ0) is 10.6. The second-order valence-electron chi connectivity index (χ2n) is 3.97. The van der Waals surface area contributed by atoms with Crippen molar-refractivity contribution in [2.45, 2.75) is 38.9 Å². The Kier molecular flexibility index (Phi) is 4.35. The Labute approximate surface area is 84.2 Å². The van der Waals surface area contributed by atoms with Crippen LogP contribution >= 0.6 is 0 Å². The summed E-state index contributed by atoms with van der Waals surface area (Å²) in [4.78, 5) is 10.8. The average molecular weight is 202 g/mol. The molecule has 0 amide bonds. The quantitative estimate of drug-likeness (QED) is 0.730. The predicted octanol–water partition coefficient (Wildman–Crippen LogP) is 1.29. The molecule has 1 heterocycles. The summed E-state index contributed by atoms with van der Waals surface area (Å²) in [5, 5.41) is 8.85. The van der Waals surface area contributed by atoms with Gasteiger partial charge in [-0.05, 0) is 18.8 Å². The van der Waals surface area contributed by atoms with Crippen molar-refractivity contribution < 1.29 is 19.4 Å². The van der Waals surface area contributed by atoms with Crippen LogP contribution in [0.4, 0.5) is 0 Å². The molecule has 0 saturated carbocycles. The first-order valence-electron chi connectivity index (χ1n) is 5.07. The van der Waals surface area contributed by atoms with Crippen molar-refractivity contribution in [2.75, 3.05) is 13.2 Å². The highest BCUT2D eigenvalue weighted by Gasteiger charge is 2.24. The Balaban J connectivity index is 2.28. The van der Waals surface area contributed by atoms with Crippen LogP contribution in [0.25, 0.3) is 0 Å². The maximum absolute atomic E-state index is 10.8. The summed E-state index contributed by atoms with van der Waals surface area (Å²) in [5.41, 5.74) is 0. The number of ether oxygens (including phenoxy) is 2. The van der Waals surface area contributed by atoms with Crippen molar-refractivity contribution in [3.8, 4) is 0 Å². The summed E-state index contributed by atoms with van der Waals surface area (Å²) in [6, 6.07) is 0. The van der Waals surface area contributed by atoms with Crippen LogP contribution < -0.4 is 0 Å². The van der Waals surface area contributed by atoms with Gasteiger partial charge in [0.25, 0.3) is 0 Å². The van der Waals surface area contributed by atoms with Gasteiger partial charge in [0, 0.05) is 6.61 Å². The SMILES string of the molecule is CC(C)C(OCC1CCCO1)C(=O)O. The molecule has 14 heavy (non-hydrogen) atoms. The maximum Gasteiger partial charge on any atom is 0.333 e. The fraction of sp³-hybridized carbons (Fsp3) is 0.900. The number of carboxylic acid groups (broad SMARTS) is 1.